The molecule has 0 amide bonds. The highest BCUT2D eigenvalue weighted by Gasteiger charge is 2.04. The number of nitrogens with zero attached hydrogens (tertiary/aromatic N) is 3. The molecule has 96 valence electrons. The maximum atomic E-state index is 5.68. The summed E-state index contributed by atoms with van der Waals surface area (Å²) in [6.45, 7) is 2.58. The number of ether oxygens (including phenoxy) is 1. The highest BCUT2D eigenvalue weighted by molar-refractivity contribution is 6.16. The van der Waals surface area contributed by atoms with Gasteiger partial charge in [-0.3, -0.25) is 9.67 Å². The summed E-state index contributed by atoms with van der Waals surface area (Å²) in [4.78, 5) is 4.17. The zero-order chi connectivity index (χ0) is 13.0. The van der Waals surface area contributed by atoms with Crippen LogP contribution in [0.4, 0.5) is 0 Å². The molecule has 18 heavy (non-hydrogen) atoms. The molecule has 0 bridgehead atoms. The highest BCUT2D eigenvalue weighted by atomic mass is 35.5. The van der Waals surface area contributed by atoms with E-state index in [4.69, 9.17) is 16.3 Å². The lowest BCUT2D eigenvalue weighted by Crippen LogP contribution is -2.03. The van der Waals surface area contributed by atoms with Gasteiger partial charge >= 0.3 is 0 Å². The largest absolute Gasteiger partial charge is 0.486 e. The molecule has 2 rings (SSSR count). The summed E-state index contributed by atoms with van der Waals surface area (Å²) >= 11 is 5.68. The van der Waals surface area contributed by atoms with Crippen molar-refractivity contribution in [3.63, 3.8) is 0 Å². The number of aryl methyl sites for hydroxylation is 2. The molecule has 0 atom stereocenters. The van der Waals surface area contributed by atoms with Crippen molar-refractivity contribution >= 4 is 11.6 Å². The van der Waals surface area contributed by atoms with E-state index in [-0.39, 0.29) is 0 Å². The molecule has 0 aliphatic rings. The number of hydrogen-bond acceptors (Lipinski definition) is 3. The molecule has 0 saturated carbocycles. The minimum atomic E-state index is 0.419. The molecular formula is C13H16ClN3O. The lowest BCUT2D eigenvalue weighted by Gasteiger charge is -2.06. The second kappa shape index (κ2) is 5.87. The predicted octanol–water partition coefficient (Wildman–Crippen LogP) is 2.70. The summed E-state index contributed by atoms with van der Waals surface area (Å²) in [5, 5.41) is 4.37. The summed E-state index contributed by atoms with van der Waals surface area (Å²) in [6.07, 6.45) is 2.62. The van der Waals surface area contributed by atoms with Crippen LogP contribution in [0.5, 0.6) is 5.75 Å². The third kappa shape index (κ3) is 3.01. The number of aromatic nitrogens is 3. The molecule has 0 aromatic carbocycles. The first-order valence-corrected chi connectivity index (χ1v) is 6.42. The number of halogens is 1. The lowest BCUT2D eigenvalue weighted by molar-refractivity contribution is 0.293. The van der Waals surface area contributed by atoms with Gasteiger partial charge in [-0.25, -0.2) is 0 Å². The molecule has 2 heterocycles. The van der Waals surface area contributed by atoms with Crippen LogP contribution in [0, 0.1) is 0 Å². The summed E-state index contributed by atoms with van der Waals surface area (Å²) in [5.74, 6) is 1.16. The van der Waals surface area contributed by atoms with E-state index in [2.05, 4.69) is 23.1 Å². The Morgan fingerprint density at radius 1 is 1.33 bits per heavy atom. The molecule has 5 heteroatoms. The third-order valence-electron chi connectivity index (χ3n) is 2.71. The minimum absolute atomic E-state index is 0.419. The molecule has 0 saturated heterocycles. The van der Waals surface area contributed by atoms with Gasteiger partial charge in [0.25, 0.3) is 0 Å². The zero-order valence-electron chi connectivity index (χ0n) is 10.6. The molecule has 0 radical (unpaired) electrons. The zero-order valence-corrected chi connectivity index (χ0v) is 11.3. The summed E-state index contributed by atoms with van der Waals surface area (Å²) < 4.78 is 7.51. The SMILES string of the molecule is CCc1cc(COc2ccc(CCl)nc2)n(C)n1. The van der Waals surface area contributed by atoms with Gasteiger partial charge in [0.1, 0.15) is 12.4 Å². The Kier molecular flexibility index (Phi) is 4.20. The fraction of sp³-hybridized carbons (Fsp3) is 0.385. The van der Waals surface area contributed by atoms with Crippen molar-refractivity contribution in [3.05, 3.63) is 41.5 Å². The van der Waals surface area contributed by atoms with Crippen LogP contribution >= 0.6 is 11.6 Å². The van der Waals surface area contributed by atoms with Gasteiger partial charge in [0.15, 0.2) is 0 Å². The molecular weight excluding hydrogens is 250 g/mol. The molecule has 0 unspecified atom stereocenters. The molecule has 2 aromatic rings. The Balaban J connectivity index is 1.99. The molecule has 0 aliphatic carbocycles. The summed E-state index contributed by atoms with van der Waals surface area (Å²) in [6, 6.07) is 5.80. The maximum Gasteiger partial charge on any atom is 0.138 e. The highest BCUT2D eigenvalue weighted by Crippen LogP contribution is 2.13. The molecule has 0 fully saturated rings. The molecule has 4 nitrogen and oxygen atoms in total. The van der Waals surface area contributed by atoms with E-state index in [1.165, 1.54) is 0 Å². The van der Waals surface area contributed by atoms with Crippen LogP contribution in [0.15, 0.2) is 24.4 Å². The molecule has 2 aromatic heterocycles. The van der Waals surface area contributed by atoms with Gasteiger partial charge in [-0.15, -0.1) is 11.6 Å². The van der Waals surface area contributed by atoms with Crippen molar-refractivity contribution in [2.24, 2.45) is 7.05 Å². The summed E-state index contributed by atoms with van der Waals surface area (Å²) in [7, 11) is 1.92. The van der Waals surface area contributed by atoms with Crippen LogP contribution in [0.3, 0.4) is 0 Å². The van der Waals surface area contributed by atoms with Gasteiger partial charge in [0, 0.05) is 7.05 Å². The van der Waals surface area contributed by atoms with Crippen LogP contribution in [-0.4, -0.2) is 14.8 Å². The normalized spacial score (nSPS) is 10.6. The Morgan fingerprint density at radius 3 is 2.72 bits per heavy atom. The molecule has 0 aliphatic heterocycles. The molecule has 0 spiro atoms. The maximum absolute atomic E-state index is 5.68. The first-order chi connectivity index (χ1) is 8.72. The first kappa shape index (κ1) is 12.9. The van der Waals surface area contributed by atoms with E-state index in [9.17, 15) is 0 Å². The van der Waals surface area contributed by atoms with Crippen LogP contribution in [0.25, 0.3) is 0 Å². The van der Waals surface area contributed by atoms with Crippen molar-refractivity contribution < 1.29 is 4.74 Å². The Labute approximate surface area is 112 Å². The van der Waals surface area contributed by atoms with Gasteiger partial charge in [-0.1, -0.05) is 6.92 Å². The van der Waals surface area contributed by atoms with Gasteiger partial charge < -0.3 is 4.74 Å². The Hall–Kier alpha value is -1.55. The third-order valence-corrected chi connectivity index (χ3v) is 2.98. The van der Waals surface area contributed by atoms with Crippen molar-refractivity contribution in [1.82, 2.24) is 14.8 Å². The quantitative estimate of drug-likeness (QED) is 0.781. The predicted molar refractivity (Wildman–Crippen MR) is 70.7 cm³/mol. The topological polar surface area (TPSA) is 39.9 Å². The van der Waals surface area contributed by atoms with E-state index in [1.54, 1.807) is 6.20 Å². The Morgan fingerprint density at radius 2 is 2.17 bits per heavy atom. The van der Waals surface area contributed by atoms with Crippen LogP contribution in [-0.2, 0) is 26.0 Å². The van der Waals surface area contributed by atoms with Crippen molar-refractivity contribution in [1.29, 1.82) is 0 Å². The minimum Gasteiger partial charge on any atom is -0.486 e. The Bertz CT molecular complexity index is 507. The fourth-order valence-electron chi connectivity index (χ4n) is 1.61. The fourth-order valence-corrected chi connectivity index (χ4v) is 1.77. The second-order valence-electron chi connectivity index (χ2n) is 4.01. The van der Waals surface area contributed by atoms with Gasteiger partial charge in [0.2, 0.25) is 0 Å². The van der Waals surface area contributed by atoms with Crippen LogP contribution in [0.1, 0.15) is 24.0 Å². The monoisotopic (exact) mass is 265 g/mol. The van der Waals surface area contributed by atoms with Crippen molar-refractivity contribution in [2.75, 3.05) is 0 Å². The van der Waals surface area contributed by atoms with E-state index in [0.29, 0.717) is 12.5 Å². The first-order valence-electron chi connectivity index (χ1n) is 5.88. The standard InChI is InChI=1S/C13H16ClN3O/c1-3-10-6-12(17(2)16-10)9-18-13-5-4-11(7-14)15-8-13/h4-6,8H,3,7,9H2,1-2H3. The van der Waals surface area contributed by atoms with E-state index in [0.717, 1.165) is 29.3 Å². The van der Waals surface area contributed by atoms with Crippen molar-refractivity contribution in [3.8, 4) is 5.75 Å². The molecule has 0 N–H and O–H groups in total. The van der Waals surface area contributed by atoms with Crippen LogP contribution in [0.2, 0.25) is 0 Å². The van der Waals surface area contributed by atoms with E-state index in [1.807, 2.05) is 23.9 Å². The summed E-state index contributed by atoms with van der Waals surface area (Å²) in [5.41, 5.74) is 2.97. The number of rotatable bonds is 5. The number of hydrogen-bond donors (Lipinski definition) is 0. The van der Waals surface area contributed by atoms with E-state index >= 15 is 0 Å². The van der Waals surface area contributed by atoms with Crippen LogP contribution < -0.4 is 4.74 Å². The van der Waals surface area contributed by atoms with E-state index < -0.39 is 0 Å². The van der Waals surface area contributed by atoms with Gasteiger partial charge in [-0.2, -0.15) is 5.10 Å². The lowest BCUT2D eigenvalue weighted by atomic mass is 10.3. The second-order valence-corrected chi connectivity index (χ2v) is 4.28. The number of alkyl halides is 1. The number of pyridine rings is 1. The van der Waals surface area contributed by atoms with Gasteiger partial charge in [-0.05, 0) is 24.6 Å². The van der Waals surface area contributed by atoms with Crippen molar-refractivity contribution in [2.45, 2.75) is 25.8 Å². The smallest absolute Gasteiger partial charge is 0.138 e. The average Bonchev–Trinajstić information content (AvgIpc) is 2.77. The van der Waals surface area contributed by atoms with Gasteiger partial charge in [0.05, 0.1) is 29.2 Å². The average molecular weight is 266 g/mol.